The molecule has 0 saturated heterocycles. The molecule has 0 heterocycles. The van der Waals surface area contributed by atoms with Crippen molar-refractivity contribution in [1.82, 2.24) is 0 Å². The Morgan fingerprint density at radius 3 is 1.62 bits per heavy atom. The Morgan fingerprint density at radius 2 is 1.24 bits per heavy atom. The summed E-state index contributed by atoms with van der Waals surface area (Å²) in [6.45, 7) is 3.82. The maximum absolute atomic E-state index is 12.1. The quantitative estimate of drug-likeness (QED) is 0.908. The minimum absolute atomic E-state index is 0.231. The van der Waals surface area contributed by atoms with Gasteiger partial charge in [0.1, 0.15) is 5.75 Å². The van der Waals surface area contributed by atoms with Gasteiger partial charge in [0, 0.05) is 5.54 Å². The van der Waals surface area contributed by atoms with Crippen molar-refractivity contribution in [2.75, 3.05) is 0 Å². The predicted octanol–water partition coefficient (Wildman–Crippen LogP) is 4.45. The molecule has 2 nitrogen and oxygen atoms in total. The summed E-state index contributed by atoms with van der Waals surface area (Å²) in [6.07, 6.45) is -4.67. The Morgan fingerprint density at radius 1 is 0.810 bits per heavy atom. The van der Waals surface area contributed by atoms with Crippen LogP contribution < -0.4 is 10.5 Å². The Labute approximate surface area is 121 Å². The van der Waals surface area contributed by atoms with E-state index in [2.05, 4.69) is 4.74 Å². The highest BCUT2D eigenvalue weighted by Gasteiger charge is 2.30. The molecule has 0 aliphatic carbocycles. The van der Waals surface area contributed by atoms with E-state index in [9.17, 15) is 13.2 Å². The molecule has 0 spiro atoms. The molecule has 0 unspecified atom stereocenters. The van der Waals surface area contributed by atoms with Crippen LogP contribution in [-0.2, 0) is 5.54 Å². The van der Waals surface area contributed by atoms with Gasteiger partial charge in [0.05, 0.1) is 0 Å². The van der Waals surface area contributed by atoms with Gasteiger partial charge in [-0.15, -0.1) is 13.2 Å². The maximum Gasteiger partial charge on any atom is 0.573 e. The van der Waals surface area contributed by atoms with Crippen LogP contribution in [0.25, 0.3) is 11.1 Å². The first-order chi connectivity index (χ1) is 9.65. The number of ether oxygens (including phenoxy) is 1. The molecule has 0 aliphatic rings. The molecule has 0 aliphatic heterocycles. The average molecular weight is 295 g/mol. The third-order valence-electron chi connectivity index (χ3n) is 3.05. The highest BCUT2D eigenvalue weighted by atomic mass is 19.4. The Hall–Kier alpha value is -2.01. The van der Waals surface area contributed by atoms with Crippen LogP contribution >= 0.6 is 0 Å². The van der Waals surface area contributed by atoms with Crippen molar-refractivity contribution in [3.8, 4) is 16.9 Å². The molecule has 0 aromatic heterocycles. The summed E-state index contributed by atoms with van der Waals surface area (Å²) in [5.41, 5.74) is 8.28. The summed E-state index contributed by atoms with van der Waals surface area (Å²) in [4.78, 5) is 0. The molecule has 0 atom stereocenters. The first-order valence-corrected chi connectivity index (χ1v) is 6.41. The minimum atomic E-state index is -4.67. The van der Waals surface area contributed by atoms with Crippen LogP contribution in [0.4, 0.5) is 13.2 Å². The zero-order valence-corrected chi connectivity index (χ0v) is 11.7. The lowest BCUT2D eigenvalue weighted by atomic mass is 9.93. The molecule has 112 valence electrons. The second kappa shape index (κ2) is 5.41. The smallest absolute Gasteiger partial charge is 0.406 e. The second-order valence-electron chi connectivity index (χ2n) is 5.37. The van der Waals surface area contributed by atoms with Gasteiger partial charge in [-0.3, -0.25) is 0 Å². The van der Waals surface area contributed by atoms with Gasteiger partial charge in [-0.05, 0) is 42.7 Å². The maximum atomic E-state index is 12.1. The third-order valence-corrected chi connectivity index (χ3v) is 3.05. The van der Waals surface area contributed by atoms with Crippen LogP contribution in [0.1, 0.15) is 19.4 Å². The number of rotatable bonds is 3. The van der Waals surface area contributed by atoms with E-state index in [1.165, 1.54) is 12.1 Å². The van der Waals surface area contributed by atoms with Crippen LogP contribution in [0.15, 0.2) is 48.5 Å². The first-order valence-electron chi connectivity index (χ1n) is 6.41. The van der Waals surface area contributed by atoms with Gasteiger partial charge < -0.3 is 10.5 Å². The molecule has 0 bridgehead atoms. The van der Waals surface area contributed by atoms with E-state index in [-0.39, 0.29) is 5.75 Å². The third kappa shape index (κ3) is 4.23. The van der Waals surface area contributed by atoms with Crippen molar-refractivity contribution < 1.29 is 17.9 Å². The van der Waals surface area contributed by atoms with Crippen LogP contribution in [0.3, 0.4) is 0 Å². The average Bonchev–Trinajstić information content (AvgIpc) is 2.37. The molecule has 5 heteroatoms. The van der Waals surface area contributed by atoms with Gasteiger partial charge in [0.15, 0.2) is 0 Å². The van der Waals surface area contributed by atoms with E-state index < -0.39 is 11.9 Å². The van der Waals surface area contributed by atoms with Gasteiger partial charge in [-0.25, -0.2) is 0 Å². The molecule has 0 fully saturated rings. The van der Waals surface area contributed by atoms with Gasteiger partial charge in [-0.2, -0.15) is 0 Å². The lowest BCUT2D eigenvalue weighted by Gasteiger charge is -2.19. The van der Waals surface area contributed by atoms with E-state index in [4.69, 9.17) is 5.73 Å². The number of hydrogen-bond acceptors (Lipinski definition) is 2. The van der Waals surface area contributed by atoms with Crippen molar-refractivity contribution in [1.29, 1.82) is 0 Å². The van der Waals surface area contributed by atoms with Gasteiger partial charge in [0.2, 0.25) is 0 Å². The molecule has 0 amide bonds. The molecule has 0 radical (unpaired) electrons. The lowest BCUT2D eigenvalue weighted by Crippen LogP contribution is -2.28. The number of benzene rings is 2. The van der Waals surface area contributed by atoms with Gasteiger partial charge >= 0.3 is 6.36 Å². The van der Waals surface area contributed by atoms with E-state index >= 15 is 0 Å². The summed E-state index contributed by atoms with van der Waals surface area (Å²) < 4.78 is 40.1. The Kier molecular flexibility index (Phi) is 3.96. The Balaban J connectivity index is 2.19. The number of hydrogen-bond donors (Lipinski definition) is 1. The zero-order valence-electron chi connectivity index (χ0n) is 11.7. The normalized spacial score (nSPS) is 12.3. The van der Waals surface area contributed by atoms with Crippen LogP contribution in [0.2, 0.25) is 0 Å². The van der Waals surface area contributed by atoms with Crippen LogP contribution in [0.5, 0.6) is 5.75 Å². The fourth-order valence-electron chi connectivity index (χ4n) is 1.94. The van der Waals surface area contributed by atoms with Crippen molar-refractivity contribution in [3.63, 3.8) is 0 Å². The minimum Gasteiger partial charge on any atom is -0.406 e. The van der Waals surface area contributed by atoms with E-state index in [0.717, 1.165) is 16.7 Å². The van der Waals surface area contributed by atoms with Crippen molar-refractivity contribution in [2.24, 2.45) is 5.73 Å². The molecule has 2 N–H and O–H groups in total. The van der Waals surface area contributed by atoms with E-state index in [1.54, 1.807) is 12.1 Å². The monoisotopic (exact) mass is 295 g/mol. The van der Waals surface area contributed by atoms with Crippen LogP contribution in [0, 0.1) is 0 Å². The summed E-state index contributed by atoms with van der Waals surface area (Å²) in [6, 6.07) is 13.4. The van der Waals surface area contributed by atoms with E-state index in [0.29, 0.717) is 0 Å². The molecular formula is C16H16F3NO. The van der Waals surface area contributed by atoms with Crippen molar-refractivity contribution >= 4 is 0 Å². The SMILES string of the molecule is CC(C)(N)c1ccc(-c2ccc(OC(F)(F)F)cc2)cc1. The molecule has 2 aromatic carbocycles. The number of halogens is 3. The second-order valence-corrected chi connectivity index (χ2v) is 5.37. The topological polar surface area (TPSA) is 35.2 Å². The Bertz CT molecular complexity index is 595. The number of nitrogens with two attached hydrogens (primary N) is 1. The van der Waals surface area contributed by atoms with E-state index in [1.807, 2.05) is 38.1 Å². The molecule has 2 rings (SSSR count). The van der Waals surface area contributed by atoms with Gasteiger partial charge in [-0.1, -0.05) is 36.4 Å². The number of alkyl halides is 3. The standard InChI is InChI=1S/C16H16F3NO/c1-15(2,20)13-7-3-11(4-8-13)12-5-9-14(10-6-12)21-16(17,18)19/h3-10H,20H2,1-2H3. The molecule has 21 heavy (non-hydrogen) atoms. The highest BCUT2D eigenvalue weighted by Crippen LogP contribution is 2.27. The molecule has 2 aromatic rings. The van der Waals surface area contributed by atoms with Crippen molar-refractivity contribution in [2.45, 2.75) is 25.7 Å². The first kappa shape index (κ1) is 15.4. The van der Waals surface area contributed by atoms with Crippen molar-refractivity contribution in [3.05, 3.63) is 54.1 Å². The summed E-state index contributed by atoms with van der Waals surface area (Å²) in [5, 5.41) is 0. The largest absolute Gasteiger partial charge is 0.573 e. The summed E-state index contributed by atoms with van der Waals surface area (Å²) >= 11 is 0. The molecular weight excluding hydrogens is 279 g/mol. The lowest BCUT2D eigenvalue weighted by molar-refractivity contribution is -0.274. The summed E-state index contributed by atoms with van der Waals surface area (Å²) in [5.74, 6) is -0.231. The summed E-state index contributed by atoms with van der Waals surface area (Å²) in [7, 11) is 0. The highest BCUT2D eigenvalue weighted by molar-refractivity contribution is 5.64. The fourth-order valence-corrected chi connectivity index (χ4v) is 1.94. The van der Waals surface area contributed by atoms with Crippen LogP contribution in [-0.4, -0.2) is 6.36 Å². The fraction of sp³-hybridized carbons (Fsp3) is 0.250. The predicted molar refractivity (Wildman–Crippen MR) is 75.8 cm³/mol. The van der Waals surface area contributed by atoms with Gasteiger partial charge in [0.25, 0.3) is 0 Å². The zero-order chi connectivity index (χ0) is 15.7. The molecule has 0 saturated carbocycles.